The highest BCUT2D eigenvalue weighted by molar-refractivity contribution is 5.35. The van der Waals surface area contributed by atoms with Crippen molar-refractivity contribution in [2.24, 2.45) is 5.92 Å². The van der Waals surface area contributed by atoms with Crippen molar-refractivity contribution in [3.05, 3.63) is 35.4 Å². The fraction of sp³-hybridized carbons (Fsp3) is 0.500. The summed E-state index contributed by atoms with van der Waals surface area (Å²) in [4.78, 5) is 0. The van der Waals surface area contributed by atoms with Crippen LogP contribution < -0.4 is 0 Å². The normalized spacial score (nSPS) is 31.8. The molecule has 70 valence electrons. The number of aliphatic hydroxyl groups excluding tert-OH is 1. The van der Waals surface area contributed by atoms with E-state index in [4.69, 9.17) is 0 Å². The quantitative estimate of drug-likeness (QED) is 0.733. The predicted molar refractivity (Wildman–Crippen MR) is 53.7 cm³/mol. The molecule has 13 heavy (non-hydrogen) atoms. The minimum atomic E-state index is 0.0893. The van der Waals surface area contributed by atoms with Gasteiger partial charge in [-0.25, -0.2) is 0 Å². The Labute approximate surface area is 79.4 Å². The first-order valence-electron chi connectivity index (χ1n) is 4.87. The molecule has 1 nitrogen and oxygen atoms in total. The number of benzene rings is 1. The molecule has 0 radical (unpaired) electrons. The van der Waals surface area contributed by atoms with E-state index in [2.05, 4.69) is 38.1 Å². The summed E-state index contributed by atoms with van der Waals surface area (Å²) in [6.45, 7) is 4.60. The number of aryl methyl sites for hydroxylation is 1. The molecule has 2 rings (SSSR count). The summed E-state index contributed by atoms with van der Waals surface area (Å²) in [5.41, 5.74) is 2.68. The van der Waals surface area contributed by atoms with Gasteiger partial charge < -0.3 is 5.11 Å². The zero-order chi connectivity index (χ0) is 9.47. The van der Waals surface area contributed by atoms with Crippen LogP contribution in [0.25, 0.3) is 0 Å². The molecule has 2 atom stereocenters. The van der Waals surface area contributed by atoms with Crippen molar-refractivity contribution in [1.82, 2.24) is 0 Å². The summed E-state index contributed by atoms with van der Waals surface area (Å²) in [5, 5.41) is 9.37. The molecule has 1 N–H and O–H groups in total. The van der Waals surface area contributed by atoms with Crippen LogP contribution in [0.4, 0.5) is 0 Å². The van der Waals surface area contributed by atoms with Gasteiger partial charge in [0.2, 0.25) is 0 Å². The van der Waals surface area contributed by atoms with E-state index < -0.39 is 0 Å². The monoisotopic (exact) mass is 176 g/mol. The first-order chi connectivity index (χ1) is 6.19. The largest absolute Gasteiger partial charge is 0.395 e. The molecule has 0 aromatic heterocycles. The van der Waals surface area contributed by atoms with Crippen LogP contribution in [0.2, 0.25) is 0 Å². The van der Waals surface area contributed by atoms with Gasteiger partial charge in [0.05, 0.1) is 6.61 Å². The van der Waals surface area contributed by atoms with Crippen LogP contribution in [0.5, 0.6) is 0 Å². The second-order valence-corrected chi connectivity index (χ2v) is 4.29. The van der Waals surface area contributed by atoms with Crippen LogP contribution in [-0.2, 0) is 5.41 Å². The molecular weight excluding hydrogens is 160 g/mol. The predicted octanol–water partition coefficient (Wildman–Crippen LogP) is 2.26. The van der Waals surface area contributed by atoms with Crippen LogP contribution in [0.3, 0.4) is 0 Å². The molecule has 0 amide bonds. The minimum Gasteiger partial charge on any atom is -0.395 e. The molecule has 0 spiro atoms. The molecule has 2 unspecified atom stereocenters. The van der Waals surface area contributed by atoms with Gasteiger partial charge in [-0.15, -0.1) is 0 Å². The average molecular weight is 176 g/mol. The van der Waals surface area contributed by atoms with Crippen LogP contribution in [0.15, 0.2) is 24.3 Å². The van der Waals surface area contributed by atoms with E-state index in [1.165, 1.54) is 11.1 Å². The summed E-state index contributed by atoms with van der Waals surface area (Å²) in [6, 6.07) is 8.50. The van der Waals surface area contributed by atoms with Gasteiger partial charge in [-0.1, -0.05) is 36.8 Å². The summed E-state index contributed by atoms with van der Waals surface area (Å²) in [7, 11) is 0. The van der Waals surface area contributed by atoms with Crippen molar-refractivity contribution in [3.63, 3.8) is 0 Å². The SMILES string of the molecule is Cc1cccc(C2(CO)CC2C)c1. The maximum Gasteiger partial charge on any atom is 0.0530 e. The summed E-state index contributed by atoms with van der Waals surface area (Å²) >= 11 is 0. The molecule has 1 saturated carbocycles. The highest BCUT2D eigenvalue weighted by atomic mass is 16.3. The van der Waals surface area contributed by atoms with Crippen molar-refractivity contribution in [2.45, 2.75) is 25.7 Å². The lowest BCUT2D eigenvalue weighted by Gasteiger charge is -2.14. The average Bonchev–Trinajstić information content (AvgIpc) is 2.78. The van der Waals surface area contributed by atoms with Gasteiger partial charge in [-0.05, 0) is 24.8 Å². The van der Waals surface area contributed by atoms with E-state index in [0.717, 1.165) is 6.42 Å². The lowest BCUT2D eigenvalue weighted by atomic mass is 9.93. The second kappa shape index (κ2) is 2.85. The van der Waals surface area contributed by atoms with Crippen molar-refractivity contribution >= 4 is 0 Å². The number of hydrogen-bond acceptors (Lipinski definition) is 1. The lowest BCUT2D eigenvalue weighted by molar-refractivity contribution is 0.247. The summed E-state index contributed by atoms with van der Waals surface area (Å²) in [6.07, 6.45) is 1.13. The molecule has 0 saturated heterocycles. The zero-order valence-corrected chi connectivity index (χ0v) is 8.25. The van der Waals surface area contributed by atoms with Crippen LogP contribution in [0, 0.1) is 12.8 Å². The number of aliphatic hydroxyl groups is 1. The van der Waals surface area contributed by atoms with Crippen LogP contribution in [-0.4, -0.2) is 11.7 Å². The smallest absolute Gasteiger partial charge is 0.0530 e. The molecule has 1 aromatic carbocycles. The van der Waals surface area contributed by atoms with E-state index >= 15 is 0 Å². The molecule has 1 heteroatoms. The Hall–Kier alpha value is -0.820. The fourth-order valence-corrected chi connectivity index (χ4v) is 2.16. The Morgan fingerprint density at radius 3 is 2.69 bits per heavy atom. The van der Waals surface area contributed by atoms with Crippen molar-refractivity contribution in [3.8, 4) is 0 Å². The van der Waals surface area contributed by atoms with Crippen LogP contribution >= 0.6 is 0 Å². The van der Waals surface area contributed by atoms with Gasteiger partial charge in [0.15, 0.2) is 0 Å². The van der Waals surface area contributed by atoms with Gasteiger partial charge in [0.1, 0.15) is 0 Å². The lowest BCUT2D eigenvalue weighted by Crippen LogP contribution is -2.14. The molecule has 1 aromatic rings. The number of rotatable bonds is 2. The van der Waals surface area contributed by atoms with Crippen LogP contribution in [0.1, 0.15) is 24.5 Å². The third-order valence-corrected chi connectivity index (χ3v) is 3.33. The Morgan fingerprint density at radius 1 is 1.54 bits per heavy atom. The molecule has 0 bridgehead atoms. The van der Waals surface area contributed by atoms with Crippen molar-refractivity contribution < 1.29 is 5.11 Å². The molecule has 1 fully saturated rings. The van der Waals surface area contributed by atoms with Gasteiger partial charge >= 0.3 is 0 Å². The summed E-state index contributed by atoms with van der Waals surface area (Å²) in [5.74, 6) is 0.638. The van der Waals surface area contributed by atoms with Crippen molar-refractivity contribution in [1.29, 1.82) is 0 Å². The molecule has 1 aliphatic carbocycles. The zero-order valence-electron chi connectivity index (χ0n) is 8.25. The standard InChI is InChI=1S/C12H16O/c1-9-4-3-5-11(6-9)12(8-13)7-10(12)2/h3-6,10,13H,7-8H2,1-2H3. The highest BCUT2D eigenvalue weighted by Gasteiger charge is 2.51. The second-order valence-electron chi connectivity index (χ2n) is 4.29. The first-order valence-corrected chi connectivity index (χ1v) is 4.87. The van der Waals surface area contributed by atoms with E-state index in [1.807, 2.05) is 0 Å². The fourth-order valence-electron chi connectivity index (χ4n) is 2.16. The molecule has 1 aliphatic rings. The minimum absolute atomic E-state index is 0.0893. The van der Waals surface area contributed by atoms with E-state index in [-0.39, 0.29) is 12.0 Å². The maximum absolute atomic E-state index is 9.37. The van der Waals surface area contributed by atoms with Gasteiger partial charge in [-0.2, -0.15) is 0 Å². The molecule has 0 heterocycles. The Morgan fingerprint density at radius 2 is 2.23 bits per heavy atom. The van der Waals surface area contributed by atoms with E-state index in [0.29, 0.717) is 5.92 Å². The topological polar surface area (TPSA) is 20.2 Å². The third kappa shape index (κ3) is 1.28. The van der Waals surface area contributed by atoms with Crippen molar-refractivity contribution in [2.75, 3.05) is 6.61 Å². The third-order valence-electron chi connectivity index (χ3n) is 3.33. The highest BCUT2D eigenvalue weighted by Crippen LogP contribution is 2.53. The Bertz CT molecular complexity index is 315. The van der Waals surface area contributed by atoms with Gasteiger partial charge in [0, 0.05) is 5.41 Å². The Kier molecular flexibility index (Phi) is 1.92. The maximum atomic E-state index is 9.37. The van der Waals surface area contributed by atoms with E-state index in [9.17, 15) is 5.11 Å². The number of hydrogen-bond donors (Lipinski definition) is 1. The molecular formula is C12H16O. The van der Waals surface area contributed by atoms with Gasteiger partial charge in [-0.3, -0.25) is 0 Å². The molecule has 0 aliphatic heterocycles. The summed E-state index contributed by atoms with van der Waals surface area (Å²) < 4.78 is 0. The first kappa shape index (κ1) is 8.76. The Balaban J connectivity index is 2.35. The van der Waals surface area contributed by atoms with Gasteiger partial charge in [0.25, 0.3) is 0 Å². The van der Waals surface area contributed by atoms with E-state index in [1.54, 1.807) is 0 Å².